The van der Waals surface area contributed by atoms with E-state index in [9.17, 15) is 0 Å². The second-order valence-corrected chi connectivity index (χ2v) is 5.84. The van der Waals surface area contributed by atoms with Crippen molar-refractivity contribution in [1.29, 1.82) is 0 Å². The van der Waals surface area contributed by atoms with E-state index in [0.29, 0.717) is 6.04 Å². The Labute approximate surface area is 115 Å². The van der Waals surface area contributed by atoms with Gasteiger partial charge in [0, 0.05) is 31.7 Å². The third-order valence-corrected chi connectivity index (χ3v) is 4.57. The zero-order valence-corrected chi connectivity index (χ0v) is 11.9. The van der Waals surface area contributed by atoms with Crippen molar-refractivity contribution in [3.8, 4) is 5.75 Å². The van der Waals surface area contributed by atoms with Gasteiger partial charge in [0.2, 0.25) is 0 Å². The van der Waals surface area contributed by atoms with Gasteiger partial charge in [-0.05, 0) is 43.4 Å². The first-order valence-electron chi connectivity index (χ1n) is 7.39. The largest absolute Gasteiger partial charge is 0.497 e. The normalized spacial score (nSPS) is 26.1. The topological polar surface area (TPSA) is 24.5 Å². The number of benzene rings is 1. The molecular weight excluding hydrogens is 236 g/mol. The molecule has 1 saturated carbocycles. The van der Waals surface area contributed by atoms with Crippen molar-refractivity contribution in [2.24, 2.45) is 5.92 Å². The zero-order valence-electron chi connectivity index (χ0n) is 11.9. The summed E-state index contributed by atoms with van der Waals surface area (Å²) in [7, 11) is 1.72. The van der Waals surface area contributed by atoms with Gasteiger partial charge in [-0.15, -0.1) is 0 Å². The molecule has 19 heavy (non-hydrogen) atoms. The molecule has 1 heterocycles. The monoisotopic (exact) mass is 260 g/mol. The van der Waals surface area contributed by atoms with Crippen molar-refractivity contribution < 1.29 is 4.74 Å². The van der Waals surface area contributed by atoms with Crippen LogP contribution in [0, 0.1) is 5.92 Å². The summed E-state index contributed by atoms with van der Waals surface area (Å²) in [5.41, 5.74) is 1.39. The highest BCUT2D eigenvalue weighted by molar-refractivity contribution is 5.29. The fourth-order valence-corrected chi connectivity index (χ4v) is 3.06. The smallest absolute Gasteiger partial charge is 0.118 e. The van der Waals surface area contributed by atoms with E-state index in [2.05, 4.69) is 41.4 Å². The lowest BCUT2D eigenvalue weighted by atomic mass is 10.0. The number of nitrogens with zero attached hydrogens (tertiary/aromatic N) is 1. The first kappa shape index (κ1) is 12.9. The minimum atomic E-state index is 0.495. The molecule has 3 rings (SSSR count). The van der Waals surface area contributed by atoms with Gasteiger partial charge in [0.15, 0.2) is 0 Å². The molecule has 1 aromatic carbocycles. The van der Waals surface area contributed by atoms with Crippen LogP contribution in [0.25, 0.3) is 0 Å². The molecule has 0 spiro atoms. The molecule has 1 N–H and O–H groups in total. The molecular formula is C16H24N2O. The van der Waals surface area contributed by atoms with Crippen LogP contribution >= 0.6 is 0 Å². The molecule has 0 radical (unpaired) electrons. The van der Waals surface area contributed by atoms with E-state index < -0.39 is 0 Å². The molecule has 2 unspecified atom stereocenters. The average molecular weight is 260 g/mol. The molecule has 1 aromatic rings. The van der Waals surface area contributed by atoms with Gasteiger partial charge >= 0.3 is 0 Å². The number of hydrogen-bond donors (Lipinski definition) is 1. The highest BCUT2D eigenvalue weighted by Gasteiger charge is 2.35. The van der Waals surface area contributed by atoms with Crippen LogP contribution in [0.1, 0.15) is 31.4 Å². The first-order valence-corrected chi connectivity index (χ1v) is 7.39. The molecule has 2 atom stereocenters. The Kier molecular flexibility index (Phi) is 3.76. The molecule has 3 nitrogen and oxygen atoms in total. The van der Waals surface area contributed by atoms with E-state index >= 15 is 0 Å². The van der Waals surface area contributed by atoms with Crippen LogP contribution in [-0.4, -0.2) is 37.7 Å². The minimum absolute atomic E-state index is 0.495. The Hall–Kier alpha value is -1.06. The van der Waals surface area contributed by atoms with Crippen LogP contribution in [-0.2, 0) is 0 Å². The van der Waals surface area contributed by atoms with Gasteiger partial charge in [-0.3, -0.25) is 4.90 Å². The second-order valence-electron chi connectivity index (χ2n) is 5.84. The molecule has 1 aliphatic heterocycles. The summed E-state index contributed by atoms with van der Waals surface area (Å²) in [6.45, 7) is 5.78. The molecule has 0 bridgehead atoms. The first-order chi connectivity index (χ1) is 9.28. The molecule has 1 aliphatic carbocycles. The summed E-state index contributed by atoms with van der Waals surface area (Å²) in [5.74, 6) is 1.87. The summed E-state index contributed by atoms with van der Waals surface area (Å²) < 4.78 is 5.23. The summed E-state index contributed by atoms with van der Waals surface area (Å²) in [6.07, 6.45) is 2.84. The molecule has 2 aliphatic rings. The van der Waals surface area contributed by atoms with Crippen molar-refractivity contribution in [2.45, 2.75) is 31.8 Å². The van der Waals surface area contributed by atoms with Crippen molar-refractivity contribution in [3.63, 3.8) is 0 Å². The Morgan fingerprint density at radius 2 is 2.00 bits per heavy atom. The third kappa shape index (κ3) is 2.93. The fraction of sp³-hybridized carbons (Fsp3) is 0.625. The van der Waals surface area contributed by atoms with Crippen LogP contribution < -0.4 is 10.1 Å². The van der Waals surface area contributed by atoms with Crippen LogP contribution in [0.4, 0.5) is 0 Å². The summed E-state index contributed by atoms with van der Waals surface area (Å²) in [4.78, 5) is 2.61. The Morgan fingerprint density at radius 3 is 2.63 bits per heavy atom. The molecule has 2 fully saturated rings. The number of ether oxygens (including phenoxy) is 1. The number of nitrogens with one attached hydrogen (secondary N) is 1. The maximum Gasteiger partial charge on any atom is 0.118 e. The van der Waals surface area contributed by atoms with E-state index in [0.717, 1.165) is 30.8 Å². The predicted molar refractivity (Wildman–Crippen MR) is 77.5 cm³/mol. The predicted octanol–water partition coefficient (Wildman–Crippen LogP) is 2.44. The maximum absolute atomic E-state index is 5.23. The number of hydrogen-bond acceptors (Lipinski definition) is 3. The second kappa shape index (κ2) is 5.51. The van der Waals surface area contributed by atoms with E-state index in [4.69, 9.17) is 4.74 Å². The van der Waals surface area contributed by atoms with E-state index in [1.807, 2.05) is 0 Å². The van der Waals surface area contributed by atoms with Crippen molar-refractivity contribution in [3.05, 3.63) is 29.8 Å². The van der Waals surface area contributed by atoms with E-state index in [-0.39, 0.29) is 0 Å². The third-order valence-electron chi connectivity index (χ3n) is 4.57. The van der Waals surface area contributed by atoms with E-state index in [1.165, 1.54) is 24.9 Å². The lowest BCUT2D eigenvalue weighted by Crippen LogP contribution is -2.52. The standard InChI is InChI=1S/C16H24N2O/c1-12(13-5-7-15(19-2)8-6-13)18-10-9-17-16(11-18)14-3-4-14/h5-8,12,14,16-17H,3-4,9-11H2,1-2H3. The molecule has 104 valence electrons. The molecule has 0 amide bonds. The van der Waals surface area contributed by atoms with E-state index in [1.54, 1.807) is 7.11 Å². The van der Waals surface area contributed by atoms with Crippen LogP contribution in [0.5, 0.6) is 5.75 Å². The average Bonchev–Trinajstić information content (AvgIpc) is 3.31. The lowest BCUT2D eigenvalue weighted by molar-refractivity contribution is 0.144. The number of piperazine rings is 1. The van der Waals surface area contributed by atoms with Crippen molar-refractivity contribution in [1.82, 2.24) is 10.2 Å². The minimum Gasteiger partial charge on any atom is -0.497 e. The van der Waals surface area contributed by atoms with Gasteiger partial charge < -0.3 is 10.1 Å². The van der Waals surface area contributed by atoms with Crippen molar-refractivity contribution in [2.75, 3.05) is 26.7 Å². The Bertz CT molecular complexity index is 413. The summed E-state index contributed by atoms with van der Waals surface area (Å²) in [5, 5.41) is 3.67. The quantitative estimate of drug-likeness (QED) is 0.900. The number of methoxy groups -OCH3 is 1. The van der Waals surface area contributed by atoms with Gasteiger partial charge in [0.1, 0.15) is 5.75 Å². The summed E-state index contributed by atoms with van der Waals surface area (Å²) in [6, 6.07) is 9.72. The number of rotatable bonds is 4. The van der Waals surface area contributed by atoms with Crippen LogP contribution in [0.2, 0.25) is 0 Å². The zero-order chi connectivity index (χ0) is 13.2. The van der Waals surface area contributed by atoms with Gasteiger partial charge in [-0.2, -0.15) is 0 Å². The maximum atomic E-state index is 5.23. The van der Waals surface area contributed by atoms with Crippen LogP contribution in [0.15, 0.2) is 24.3 Å². The molecule has 1 saturated heterocycles. The van der Waals surface area contributed by atoms with Gasteiger partial charge in [0.05, 0.1) is 7.11 Å². The van der Waals surface area contributed by atoms with Gasteiger partial charge in [-0.1, -0.05) is 12.1 Å². The van der Waals surface area contributed by atoms with Crippen molar-refractivity contribution >= 4 is 0 Å². The summed E-state index contributed by atoms with van der Waals surface area (Å²) >= 11 is 0. The molecule has 3 heteroatoms. The van der Waals surface area contributed by atoms with Gasteiger partial charge in [-0.25, -0.2) is 0 Å². The Morgan fingerprint density at radius 1 is 1.26 bits per heavy atom. The van der Waals surface area contributed by atoms with Gasteiger partial charge in [0.25, 0.3) is 0 Å². The highest BCUT2D eigenvalue weighted by Crippen LogP contribution is 2.35. The fourth-order valence-electron chi connectivity index (χ4n) is 3.06. The highest BCUT2D eigenvalue weighted by atomic mass is 16.5. The molecule has 0 aromatic heterocycles. The SMILES string of the molecule is COc1ccc(C(C)N2CCNC(C3CC3)C2)cc1. The lowest BCUT2D eigenvalue weighted by Gasteiger charge is -2.38. The van der Waals surface area contributed by atoms with Crippen LogP contribution in [0.3, 0.4) is 0 Å². The Balaban J connectivity index is 1.65.